The molecule has 2 aromatic carbocycles. The Morgan fingerprint density at radius 1 is 1.13 bits per heavy atom. The molecule has 4 nitrogen and oxygen atoms in total. The molecule has 118 valence electrons. The summed E-state index contributed by atoms with van der Waals surface area (Å²) < 4.78 is 0. The highest BCUT2D eigenvalue weighted by molar-refractivity contribution is 8.01. The third-order valence-electron chi connectivity index (χ3n) is 3.60. The van der Waals surface area contributed by atoms with E-state index in [1.54, 1.807) is 23.9 Å². The summed E-state index contributed by atoms with van der Waals surface area (Å²) in [7, 11) is 0. The zero-order chi connectivity index (χ0) is 16.4. The lowest BCUT2D eigenvalue weighted by Crippen LogP contribution is -2.31. The van der Waals surface area contributed by atoms with Crippen molar-refractivity contribution >= 4 is 46.7 Å². The summed E-state index contributed by atoms with van der Waals surface area (Å²) in [5.41, 5.74) is 7.19. The molecule has 1 heterocycles. The van der Waals surface area contributed by atoms with Crippen LogP contribution in [0.25, 0.3) is 0 Å². The Hall–Kier alpha value is -1.92. The molecule has 0 aromatic heterocycles. The third-order valence-corrected chi connectivity index (χ3v) is 5.61. The lowest BCUT2D eigenvalue weighted by Gasteiger charge is -2.16. The first-order valence-electron chi connectivity index (χ1n) is 7.12. The predicted octanol–water partition coefficient (Wildman–Crippen LogP) is 3.41. The van der Waals surface area contributed by atoms with E-state index in [-0.39, 0.29) is 18.2 Å². The molecule has 3 rings (SSSR count). The van der Waals surface area contributed by atoms with Crippen LogP contribution in [0.2, 0.25) is 0 Å². The number of para-hydroxylation sites is 1. The van der Waals surface area contributed by atoms with Gasteiger partial charge in [0.05, 0.1) is 10.9 Å². The minimum atomic E-state index is -0.426. The summed E-state index contributed by atoms with van der Waals surface area (Å²) in [5, 5.41) is -0.426. The molecule has 1 fully saturated rings. The van der Waals surface area contributed by atoms with Crippen molar-refractivity contribution in [2.24, 2.45) is 0 Å². The van der Waals surface area contributed by atoms with Crippen LogP contribution in [0, 0.1) is 0 Å². The van der Waals surface area contributed by atoms with Crippen LogP contribution in [0.5, 0.6) is 0 Å². The van der Waals surface area contributed by atoms with Gasteiger partial charge in [0, 0.05) is 21.9 Å². The van der Waals surface area contributed by atoms with Crippen molar-refractivity contribution in [1.29, 1.82) is 0 Å². The third kappa shape index (κ3) is 3.23. The first kappa shape index (κ1) is 16.0. The number of benzene rings is 2. The molecular formula is C17H16N2O2S2. The quantitative estimate of drug-likeness (QED) is 0.523. The molecule has 2 aromatic rings. The van der Waals surface area contributed by atoms with Gasteiger partial charge in [-0.25, -0.2) is 4.90 Å². The number of nitrogen functional groups attached to an aromatic ring is 1. The molecule has 1 saturated heterocycles. The largest absolute Gasteiger partial charge is 0.398 e. The van der Waals surface area contributed by atoms with Crippen LogP contribution in [-0.4, -0.2) is 23.3 Å². The van der Waals surface area contributed by atoms with E-state index in [0.717, 1.165) is 9.79 Å². The Balaban J connectivity index is 1.84. The second-order valence-electron chi connectivity index (χ2n) is 5.12. The van der Waals surface area contributed by atoms with Gasteiger partial charge < -0.3 is 5.73 Å². The number of carbonyl (C=O) groups is 2. The van der Waals surface area contributed by atoms with Crippen molar-refractivity contribution in [1.82, 2.24) is 0 Å². The molecule has 1 aliphatic heterocycles. The molecule has 0 radical (unpaired) electrons. The normalized spacial score (nSPS) is 17.8. The minimum Gasteiger partial charge on any atom is -0.398 e. The van der Waals surface area contributed by atoms with Gasteiger partial charge >= 0.3 is 0 Å². The van der Waals surface area contributed by atoms with Gasteiger partial charge in [-0.2, -0.15) is 0 Å². The summed E-state index contributed by atoms with van der Waals surface area (Å²) >= 11 is 2.93. The van der Waals surface area contributed by atoms with Gasteiger partial charge in [-0.3, -0.25) is 9.59 Å². The summed E-state index contributed by atoms with van der Waals surface area (Å²) in [6, 6.07) is 14.9. The number of amides is 2. The smallest absolute Gasteiger partial charge is 0.247 e. The molecule has 1 aliphatic rings. The molecule has 0 bridgehead atoms. The van der Waals surface area contributed by atoms with E-state index in [1.165, 1.54) is 16.7 Å². The Morgan fingerprint density at radius 2 is 1.91 bits per heavy atom. The molecule has 0 aliphatic carbocycles. The maximum absolute atomic E-state index is 12.7. The zero-order valence-corrected chi connectivity index (χ0v) is 14.2. The van der Waals surface area contributed by atoms with Crippen LogP contribution in [-0.2, 0) is 9.59 Å². The van der Waals surface area contributed by atoms with Crippen molar-refractivity contribution in [2.45, 2.75) is 21.5 Å². The molecule has 2 amide bonds. The number of carbonyl (C=O) groups excluding carboxylic acids is 2. The summed E-state index contributed by atoms with van der Waals surface area (Å²) in [4.78, 5) is 28.1. The van der Waals surface area contributed by atoms with Gasteiger partial charge in [0.1, 0.15) is 0 Å². The van der Waals surface area contributed by atoms with E-state index >= 15 is 0 Å². The van der Waals surface area contributed by atoms with E-state index in [0.29, 0.717) is 11.4 Å². The number of nitrogens with zero attached hydrogens (tertiary/aromatic N) is 1. The van der Waals surface area contributed by atoms with Gasteiger partial charge in [0.2, 0.25) is 11.8 Å². The van der Waals surface area contributed by atoms with Crippen molar-refractivity contribution in [3.05, 3.63) is 48.5 Å². The highest BCUT2D eigenvalue weighted by Crippen LogP contribution is 2.36. The first-order valence-corrected chi connectivity index (χ1v) is 9.22. The monoisotopic (exact) mass is 344 g/mol. The second-order valence-corrected chi connectivity index (χ2v) is 7.24. The predicted molar refractivity (Wildman–Crippen MR) is 95.8 cm³/mol. The topological polar surface area (TPSA) is 63.4 Å². The number of anilines is 2. The number of nitrogens with two attached hydrogens (primary N) is 1. The fourth-order valence-corrected chi connectivity index (χ4v) is 4.01. The first-order chi connectivity index (χ1) is 11.1. The van der Waals surface area contributed by atoms with E-state index in [1.807, 2.05) is 42.7 Å². The van der Waals surface area contributed by atoms with Crippen molar-refractivity contribution in [3.8, 4) is 0 Å². The highest BCUT2D eigenvalue weighted by Gasteiger charge is 2.40. The SMILES string of the molecule is CSc1cccc(N2C(=O)C[C@@H](Sc3ccccc3N)C2=O)c1. The van der Waals surface area contributed by atoms with Crippen LogP contribution in [0.3, 0.4) is 0 Å². The maximum atomic E-state index is 12.7. The van der Waals surface area contributed by atoms with Crippen molar-refractivity contribution in [3.63, 3.8) is 0 Å². The van der Waals surface area contributed by atoms with E-state index in [2.05, 4.69) is 0 Å². The van der Waals surface area contributed by atoms with Crippen molar-refractivity contribution < 1.29 is 9.59 Å². The Labute approximate surface area is 143 Å². The number of imide groups is 1. The average molecular weight is 344 g/mol. The van der Waals surface area contributed by atoms with Crippen LogP contribution < -0.4 is 10.6 Å². The van der Waals surface area contributed by atoms with Crippen LogP contribution in [0.1, 0.15) is 6.42 Å². The van der Waals surface area contributed by atoms with Gasteiger partial charge in [-0.05, 0) is 36.6 Å². The number of thioether (sulfide) groups is 2. The standard InChI is InChI=1S/C17H16N2O2S2/c1-22-12-6-4-5-11(9-12)19-16(20)10-15(17(19)21)23-14-8-3-2-7-13(14)18/h2-9,15H,10,18H2,1H3/t15-/m1/s1. The Morgan fingerprint density at radius 3 is 2.65 bits per heavy atom. The van der Waals surface area contributed by atoms with Gasteiger partial charge in [0.15, 0.2) is 0 Å². The molecule has 6 heteroatoms. The zero-order valence-electron chi connectivity index (χ0n) is 12.6. The van der Waals surface area contributed by atoms with Gasteiger partial charge in [-0.1, -0.05) is 18.2 Å². The molecule has 0 saturated carbocycles. The number of hydrogen-bond donors (Lipinski definition) is 1. The summed E-state index contributed by atoms with van der Waals surface area (Å²) in [6.45, 7) is 0. The van der Waals surface area contributed by atoms with Crippen LogP contribution in [0.4, 0.5) is 11.4 Å². The average Bonchev–Trinajstić information content (AvgIpc) is 2.83. The lowest BCUT2D eigenvalue weighted by molar-refractivity contribution is -0.121. The fraction of sp³-hybridized carbons (Fsp3) is 0.176. The van der Waals surface area contributed by atoms with E-state index in [4.69, 9.17) is 5.73 Å². The van der Waals surface area contributed by atoms with E-state index in [9.17, 15) is 9.59 Å². The summed E-state index contributed by atoms with van der Waals surface area (Å²) in [5.74, 6) is -0.346. The molecule has 0 spiro atoms. The van der Waals surface area contributed by atoms with Crippen LogP contribution >= 0.6 is 23.5 Å². The molecule has 0 unspecified atom stereocenters. The lowest BCUT2D eigenvalue weighted by atomic mass is 10.3. The van der Waals surface area contributed by atoms with Crippen LogP contribution in [0.15, 0.2) is 58.3 Å². The van der Waals surface area contributed by atoms with Gasteiger partial charge in [0.25, 0.3) is 0 Å². The molecular weight excluding hydrogens is 328 g/mol. The molecule has 2 N–H and O–H groups in total. The van der Waals surface area contributed by atoms with Gasteiger partial charge in [-0.15, -0.1) is 23.5 Å². The number of rotatable bonds is 4. The van der Waals surface area contributed by atoms with Crippen molar-refractivity contribution in [2.75, 3.05) is 16.9 Å². The fourth-order valence-electron chi connectivity index (χ4n) is 2.46. The molecule has 23 heavy (non-hydrogen) atoms. The highest BCUT2D eigenvalue weighted by atomic mass is 32.2. The summed E-state index contributed by atoms with van der Waals surface area (Å²) in [6.07, 6.45) is 2.16. The molecule has 1 atom stereocenters. The minimum absolute atomic E-state index is 0.166. The second kappa shape index (κ2) is 6.68. The maximum Gasteiger partial charge on any atom is 0.247 e. The Kier molecular flexibility index (Phi) is 4.63. The number of hydrogen-bond acceptors (Lipinski definition) is 5. The Bertz CT molecular complexity index is 764. The van der Waals surface area contributed by atoms with E-state index < -0.39 is 5.25 Å².